The highest BCUT2D eigenvalue weighted by atomic mass is 32.2. The third-order valence-electron chi connectivity index (χ3n) is 4.41. The summed E-state index contributed by atoms with van der Waals surface area (Å²) in [5.41, 5.74) is 0.408. The van der Waals surface area contributed by atoms with E-state index in [1.165, 1.54) is 28.6 Å². The lowest BCUT2D eigenvalue weighted by molar-refractivity contribution is 0.0939. The van der Waals surface area contributed by atoms with E-state index in [1.807, 2.05) is 31.1 Å². The van der Waals surface area contributed by atoms with Gasteiger partial charge in [0.1, 0.15) is 5.76 Å². The number of sulfonamides is 1. The zero-order valence-electron chi connectivity index (χ0n) is 16.2. The molecular formula is C19H27N3O4S. The third kappa shape index (κ3) is 4.97. The monoisotopic (exact) mass is 393 g/mol. The van der Waals surface area contributed by atoms with Gasteiger partial charge in [0, 0.05) is 25.2 Å². The molecule has 0 aliphatic carbocycles. The highest BCUT2D eigenvalue weighted by molar-refractivity contribution is 7.89. The summed E-state index contributed by atoms with van der Waals surface area (Å²) in [7, 11) is 0.290. The van der Waals surface area contributed by atoms with Crippen LogP contribution in [0.2, 0.25) is 0 Å². The second-order valence-electron chi connectivity index (χ2n) is 6.32. The molecule has 0 aliphatic heterocycles. The maximum absolute atomic E-state index is 12.5. The van der Waals surface area contributed by atoms with Gasteiger partial charge in [-0.2, -0.15) is 4.31 Å². The van der Waals surface area contributed by atoms with Gasteiger partial charge in [0.25, 0.3) is 5.91 Å². The Morgan fingerprint density at radius 2 is 1.74 bits per heavy atom. The fourth-order valence-electron chi connectivity index (χ4n) is 2.80. The molecule has 0 bridgehead atoms. The van der Waals surface area contributed by atoms with Gasteiger partial charge in [0.05, 0.1) is 17.2 Å². The van der Waals surface area contributed by atoms with E-state index in [9.17, 15) is 13.2 Å². The highest BCUT2D eigenvalue weighted by Crippen LogP contribution is 2.19. The van der Waals surface area contributed by atoms with Crippen LogP contribution in [0.4, 0.5) is 0 Å². The maximum Gasteiger partial charge on any atom is 0.251 e. The van der Waals surface area contributed by atoms with Crippen molar-refractivity contribution in [1.29, 1.82) is 0 Å². The number of amides is 1. The molecule has 7 nitrogen and oxygen atoms in total. The van der Waals surface area contributed by atoms with Crippen LogP contribution in [-0.4, -0.2) is 57.3 Å². The molecule has 0 fully saturated rings. The van der Waals surface area contributed by atoms with Gasteiger partial charge in [0.2, 0.25) is 10.0 Å². The van der Waals surface area contributed by atoms with Crippen LogP contribution in [0.5, 0.6) is 0 Å². The van der Waals surface area contributed by atoms with Crippen molar-refractivity contribution in [2.45, 2.75) is 24.8 Å². The van der Waals surface area contributed by atoms with E-state index in [1.54, 1.807) is 20.1 Å². The van der Waals surface area contributed by atoms with Gasteiger partial charge in [-0.05, 0) is 50.5 Å². The number of rotatable bonds is 9. The minimum Gasteiger partial charge on any atom is -0.468 e. The molecule has 0 saturated carbocycles. The van der Waals surface area contributed by atoms with E-state index >= 15 is 0 Å². The standard InChI is InChI=1S/C19H27N3O4S/c1-5-22(6-2)27(24,25)16-11-9-15(10-12-16)19(23)20-14-17(21(3)4)18-8-7-13-26-18/h7-13,17H,5-6,14H2,1-4H3,(H,20,23)/t17-/m1/s1. The molecule has 2 rings (SSSR count). The van der Waals surface area contributed by atoms with Crippen LogP contribution in [0, 0.1) is 0 Å². The lowest BCUT2D eigenvalue weighted by Gasteiger charge is -2.22. The van der Waals surface area contributed by atoms with Gasteiger partial charge in [-0.1, -0.05) is 13.8 Å². The van der Waals surface area contributed by atoms with Crippen molar-refractivity contribution in [2.24, 2.45) is 0 Å². The van der Waals surface area contributed by atoms with Crippen LogP contribution in [-0.2, 0) is 10.0 Å². The zero-order chi connectivity index (χ0) is 20.0. The Morgan fingerprint density at radius 3 is 2.22 bits per heavy atom. The van der Waals surface area contributed by atoms with Gasteiger partial charge >= 0.3 is 0 Å². The fourth-order valence-corrected chi connectivity index (χ4v) is 4.26. The molecule has 0 saturated heterocycles. The van der Waals surface area contributed by atoms with Gasteiger partial charge in [-0.3, -0.25) is 9.69 Å². The molecule has 0 unspecified atom stereocenters. The van der Waals surface area contributed by atoms with Crippen molar-refractivity contribution >= 4 is 15.9 Å². The smallest absolute Gasteiger partial charge is 0.251 e. The van der Waals surface area contributed by atoms with E-state index in [4.69, 9.17) is 4.42 Å². The van der Waals surface area contributed by atoms with Crippen molar-refractivity contribution in [2.75, 3.05) is 33.7 Å². The normalized spacial score (nSPS) is 13.1. The Kier molecular flexibility index (Phi) is 7.18. The molecule has 0 aliphatic rings. The number of nitrogens with one attached hydrogen (secondary N) is 1. The minimum atomic E-state index is -3.53. The summed E-state index contributed by atoms with van der Waals surface area (Å²) < 4.78 is 31.8. The molecule has 1 N–H and O–H groups in total. The van der Waals surface area contributed by atoms with Crippen LogP contribution >= 0.6 is 0 Å². The summed E-state index contributed by atoms with van der Waals surface area (Å²) in [4.78, 5) is 14.6. The number of hydrogen-bond acceptors (Lipinski definition) is 5. The summed E-state index contributed by atoms with van der Waals surface area (Å²) in [6, 6.07) is 9.59. The second-order valence-corrected chi connectivity index (χ2v) is 8.26. The SMILES string of the molecule is CCN(CC)S(=O)(=O)c1ccc(C(=O)NC[C@H](c2ccco2)N(C)C)cc1. The van der Waals surface area contributed by atoms with Crippen LogP contribution in [0.1, 0.15) is 36.0 Å². The Bertz CT molecular complexity index is 826. The van der Waals surface area contributed by atoms with Gasteiger partial charge in [-0.25, -0.2) is 8.42 Å². The Labute approximate surface area is 161 Å². The highest BCUT2D eigenvalue weighted by Gasteiger charge is 2.22. The number of likely N-dealkylation sites (N-methyl/N-ethyl adjacent to an activating group) is 1. The topological polar surface area (TPSA) is 82.9 Å². The molecule has 27 heavy (non-hydrogen) atoms. The Balaban J connectivity index is 2.07. The molecule has 2 aromatic rings. The minimum absolute atomic E-state index is 0.0914. The van der Waals surface area contributed by atoms with Crippen molar-refractivity contribution in [3.8, 4) is 0 Å². The van der Waals surface area contributed by atoms with Crippen LogP contribution in [0.25, 0.3) is 0 Å². The predicted octanol–water partition coefficient (Wildman–Crippen LogP) is 2.34. The quantitative estimate of drug-likeness (QED) is 0.707. The summed E-state index contributed by atoms with van der Waals surface area (Å²) in [6.07, 6.45) is 1.60. The molecule has 0 radical (unpaired) electrons. The van der Waals surface area contributed by atoms with E-state index in [-0.39, 0.29) is 16.8 Å². The predicted molar refractivity (Wildman–Crippen MR) is 104 cm³/mol. The second kappa shape index (κ2) is 9.16. The molecule has 148 valence electrons. The molecule has 1 heterocycles. The van der Waals surface area contributed by atoms with Crippen molar-refractivity contribution in [3.05, 3.63) is 54.0 Å². The fraction of sp³-hybridized carbons (Fsp3) is 0.421. The lowest BCUT2D eigenvalue weighted by atomic mass is 10.2. The average Bonchev–Trinajstić information content (AvgIpc) is 3.16. The van der Waals surface area contributed by atoms with Crippen LogP contribution in [0.15, 0.2) is 52.0 Å². The summed E-state index contributed by atoms with van der Waals surface area (Å²) in [5.74, 6) is 0.501. The van der Waals surface area contributed by atoms with Gasteiger partial charge < -0.3 is 9.73 Å². The van der Waals surface area contributed by atoms with E-state index in [2.05, 4.69) is 5.32 Å². The first-order valence-electron chi connectivity index (χ1n) is 8.89. The number of benzene rings is 1. The number of nitrogens with zero attached hydrogens (tertiary/aromatic N) is 2. The van der Waals surface area contributed by atoms with Crippen molar-refractivity contribution < 1.29 is 17.6 Å². The van der Waals surface area contributed by atoms with E-state index in [0.717, 1.165) is 5.76 Å². The molecule has 8 heteroatoms. The maximum atomic E-state index is 12.5. The number of carbonyl (C=O) groups is 1. The van der Waals surface area contributed by atoms with Gasteiger partial charge in [-0.15, -0.1) is 0 Å². The molecule has 1 amide bonds. The van der Waals surface area contributed by atoms with Gasteiger partial charge in [0.15, 0.2) is 0 Å². The molecule has 0 spiro atoms. The van der Waals surface area contributed by atoms with Crippen molar-refractivity contribution in [1.82, 2.24) is 14.5 Å². The third-order valence-corrected chi connectivity index (χ3v) is 6.47. The number of carbonyl (C=O) groups excluding carboxylic acids is 1. The first kappa shape index (κ1) is 21.1. The summed E-state index contributed by atoms with van der Waals surface area (Å²) >= 11 is 0. The summed E-state index contributed by atoms with van der Waals surface area (Å²) in [6.45, 7) is 4.77. The van der Waals surface area contributed by atoms with Crippen LogP contribution in [0.3, 0.4) is 0 Å². The van der Waals surface area contributed by atoms with E-state index < -0.39 is 10.0 Å². The zero-order valence-corrected chi connectivity index (χ0v) is 17.0. The number of hydrogen-bond donors (Lipinski definition) is 1. The summed E-state index contributed by atoms with van der Waals surface area (Å²) in [5, 5.41) is 2.87. The molecule has 1 atom stereocenters. The first-order valence-corrected chi connectivity index (χ1v) is 10.3. The first-order chi connectivity index (χ1) is 12.8. The molecule has 1 aromatic carbocycles. The number of furan rings is 1. The van der Waals surface area contributed by atoms with Crippen molar-refractivity contribution in [3.63, 3.8) is 0 Å². The van der Waals surface area contributed by atoms with Crippen LogP contribution < -0.4 is 5.32 Å². The Hall–Kier alpha value is -2.16. The van der Waals surface area contributed by atoms with E-state index in [0.29, 0.717) is 25.2 Å². The average molecular weight is 394 g/mol. The largest absolute Gasteiger partial charge is 0.468 e. The molecular weight excluding hydrogens is 366 g/mol. The lowest BCUT2D eigenvalue weighted by Crippen LogP contribution is -2.34. The Morgan fingerprint density at radius 1 is 1.11 bits per heavy atom. The molecule has 1 aromatic heterocycles.